The van der Waals surface area contributed by atoms with Crippen molar-refractivity contribution >= 4 is 23.4 Å². The predicted molar refractivity (Wildman–Crippen MR) is 131 cm³/mol. The van der Waals surface area contributed by atoms with E-state index in [1.807, 2.05) is 11.0 Å². The van der Waals surface area contributed by atoms with Crippen molar-refractivity contribution in [1.29, 1.82) is 0 Å². The van der Waals surface area contributed by atoms with Gasteiger partial charge in [-0.15, -0.1) is 0 Å². The van der Waals surface area contributed by atoms with Gasteiger partial charge in [0, 0.05) is 43.2 Å². The highest BCUT2D eigenvalue weighted by atomic mass is 32.2. The van der Waals surface area contributed by atoms with Crippen molar-refractivity contribution in [2.45, 2.75) is 37.8 Å². The first-order chi connectivity index (χ1) is 15.7. The van der Waals surface area contributed by atoms with E-state index in [2.05, 4.69) is 64.9 Å². The second-order valence-electron chi connectivity index (χ2n) is 8.66. The van der Waals surface area contributed by atoms with Crippen molar-refractivity contribution in [2.75, 3.05) is 36.8 Å². The zero-order valence-electron chi connectivity index (χ0n) is 18.7. The number of thioether (sulfide) groups is 1. The molecule has 166 valence electrons. The summed E-state index contributed by atoms with van der Waals surface area (Å²) in [4.78, 5) is 22.3. The van der Waals surface area contributed by atoms with Crippen molar-refractivity contribution in [2.24, 2.45) is 0 Å². The van der Waals surface area contributed by atoms with Crippen LogP contribution in [0.15, 0.2) is 59.8 Å². The van der Waals surface area contributed by atoms with Crippen LogP contribution in [-0.2, 0) is 17.6 Å². The Bertz CT molecular complexity index is 1090. The Hall–Kier alpha value is -2.73. The molecule has 0 bridgehead atoms. The molecule has 5 nitrogen and oxygen atoms in total. The lowest BCUT2D eigenvalue weighted by atomic mass is 10.0. The Morgan fingerprint density at radius 2 is 1.69 bits per heavy atom. The highest BCUT2D eigenvalue weighted by Crippen LogP contribution is 2.31. The molecule has 0 unspecified atom stereocenters. The molecule has 0 saturated carbocycles. The van der Waals surface area contributed by atoms with E-state index in [0.717, 1.165) is 49.9 Å². The van der Waals surface area contributed by atoms with E-state index in [4.69, 9.17) is 4.98 Å². The molecule has 0 N–H and O–H groups in total. The van der Waals surface area contributed by atoms with Gasteiger partial charge in [-0.3, -0.25) is 9.36 Å². The molecule has 1 amide bonds. The standard InChI is InChI=1S/C26H30N4OS/c1-20-8-7-11-22(18-20)28-14-16-29(17-15-28)25(31)19-32-26-27-23-12-5-6-13-24(23)30(26)21-9-3-2-4-10-21/h2-4,7-11,18H,5-6,12-17,19H2,1H3. The lowest BCUT2D eigenvalue weighted by molar-refractivity contribution is -0.128. The summed E-state index contributed by atoms with van der Waals surface area (Å²) in [7, 11) is 0. The molecule has 2 heterocycles. The molecule has 0 radical (unpaired) electrons. The van der Waals surface area contributed by atoms with Crippen LogP contribution in [0.3, 0.4) is 0 Å². The summed E-state index contributed by atoms with van der Waals surface area (Å²) >= 11 is 1.58. The van der Waals surface area contributed by atoms with Gasteiger partial charge in [-0.05, 0) is 62.4 Å². The number of carbonyl (C=O) groups excluding carboxylic acids is 1. The van der Waals surface area contributed by atoms with Crippen LogP contribution in [-0.4, -0.2) is 52.3 Å². The highest BCUT2D eigenvalue weighted by molar-refractivity contribution is 7.99. The van der Waals surface area contributed by atoms with E-state index in [1.165, 1.54) is 35.5 Å². The minimum Gasteiger partial charge on any atom is -0.368 e. The maximum atomic E-state index is 13.0. The molecule has 1 aromatic heterocycles. The molecule has 1 fully saturated rings. The van der Waals surface area contributed by atoms with Crippen molar-refractivity contribution < 1.29 is 4.79 Å². The number of imidazole rings is 1. The average molecular weight is 447 g/mol. The summed E-state index contributed by atoms with van der Waals surface area (Å²) in [5.41, 5.74) is 6.20. The van der Waals surface area contributed by atoms with Gasteiger partial charge in [0.2, 0.25) is 5.91 Å². The van der Waals surface area contributed by atoms with E-state index in [-0.39, 0.29) is 5.91 Å². The minimum atomic E-state index is 0.208. The molecule has 2 aliphatic rings. The second kappa shape index (κ2) is 9.41. The third-order valence-corrected chi connectivity index (χ3v) is 7.36. The summed E-state index contributed by atoms with van der Waals surface area (Å²) in [6.45, 7) is 5.44. The van der Waals surface area contributed by atoms with Crippen LogP contribution < -0.4 is 4.90 Å². The number of nitrogens with zero attached hydrogens (tertiary/aromatic N) is 4. The van der Waals surface area contributed by atoms with E-state index >= 15 is 0 Å². The summed E-state index contributed by atoms with van der Waals surface area (Å²) in [6, 6.07) is 19.0. The SMILES string of the molecule is Cc1cccc(N2CCN(C(=O)CSc3nc4c(n3-c3ccccc3)CCCC4)CC2)c1. The number of anilines is 1. The Labute approximate surface area is 194 Å². The van der Waals surface area contributed by atoms with Gasteiger partial charge >= 0.3 is 0 Å². The van der Waals surface area contributed by atoms with E-state index in [0.29, 0.717) is 5.75 Å². The maximum Gasteiger partial charge on any atom is 0.233 e. The van der Waals surface area contributed by atoms with Crippen molar-refractivity contribution in [1.82, 2.24) is 14.5 Å². The fourth-order valence-corrected chi connectivity index (χ4v) is 5.67. The predicted octanol–water partition coefficient (Wildman–Crippen LogP) is 4.50. The molecule has 2 aromatic carbocycles. The van der Waals surface area contributed by atoms with Crippen LogP contribution in [0.5, 0.6) is 0 Å². The van der Waals surface area contributed by atoms with Gasteiger partial charge in [-0.25, -0.2) is 4.98 Å². The number of amides is 1. The molecular weight excluding hydrogens is 416 g/mol. The minimum absolute atomic E-state index is 0.208. The molecule has 5 rings (SSSR count). The number of fused-ring (bicyclic) bond motifs is 1. The zero-order chi connectivity index (χ0) is 21.9. The quantitative estimate of drug-likeness (QED) is 0.541. The zero-order valence-corrected chi connectivity index (χ0v) is 19.5. The van der Waals surface area contributed by atoms with Crippen molar-refractivity contribution in [3.8, 4) is 5.69 Å². The van der Waals surface area contributed by atoms with Crippen LogP contribution in [0.2, 0.25) is 0 Å². The van der Waals surface area contributed by atoms with E-state index < -0.39 is 0 Å². The second-order valence-corrected chi connectivity index (χ2v) is 9.60. The number of benzene rings is 2. The van der Waals surface area contributed by atoms with Gasteiger partial charge in [-0.1, -0.05) is 42.1 Å². The molecule has 1 aliphatic carbocycles. The molecule has 6 heteroatoms. The first-order valence-electron chi connectivity index (χ1n) is 11.6. The summed E-state index contributed by atoms with van der Waals surface area (Å²) in [5, 5.41) is 0.954. The third kappa shape index (κ3) is 4.42. The van der Waals surface area contributed by atoms with Gasteiger partial charge in [-0.2, -0.15) is 0 Å². The largest absolute Gasteiger partial charge is 0.368 e. The number of hydrogen-bond donors (Lipinski definition) is 0. The lowest BCUT2D eigenvalue weighted by Gasteiger charge is -2.36. The summed E-state index contributed by atoms with van der Waals surface area (Å²) in [5.74, 6) is 0.646. The Kier molecular flexibility index (Phi) is 6.21. The number of aryl methyl sites for hydroxylation is 2. The van der Waals surface area contributed by atoms with Gasteiger partial charge in [0.1, 0.15) is 0 Å². The fraction of sp³-hybridized carbons (Fsp3) is 0.385. The Morgan fingerprint density at radius 3 is 2.47 bits per heavy atom. The number of para-hydroxylation sites is 1. The summed E-state index contributed by atoms with van der Waals surface area (Å²) in [6.07, 6.45) is 4.51. The summed E-state index contributed by atoms with van der Waals surface area (Å²) < 4.78 is 2.28. The Balaban J connectivity index is 1.25. The number of aromatic nitrogens is 2. The highest BCUT2D eigenvalue weighted by Gasteiger charge is 2.24. The molecular formula is C26H30N4OS. The molecule has 1 saturated heterocycles. The Morgan fingerprint density at radius 1 is 0.938 bits per heavy atom. The molecule has 1 aliphatic heterocycles. The molecule has 32 heavy (non-hydrogen) atoms. The first-order valence-corrected chi connectivity index (χ1v) is 12.6. The average Bonchev–Trinajstić information content (AvgIpc) is 3.21. The number of hydrogen-bond acceptors (Lipinski definition) is 4. The number of rotatable bonds is 5. The third-order valence-electron chi connectivity index (χ3n) is 6.44. The van der Waals surface area contributed by atoms with Crippen LogP contribution in [0, 0.1) is 6.92 Å². The van der Waals surface area contributed by atoms with Crippen LogP contribution in [0.25, 0.3) is 5.69 Å². The lowest BCUT2D eigenvalue weighted by Crippen LogP contribution is -2.49. The van der Waals surface area contributed by atoms with Crippen LogP contribution in [0.4, 0.5) is 5.69 Å². The van der Waals surface area contributed by atoms with Crippen LogP contribution in [0.1, 0.15) is 29.8 Å². The topological polar surface area (TPSA) is 41.4 Å². The number of carbonyl (C=O) groups is 1. The van der Waals surface area contributed by atoms with Gasteiger partial charge in [0.25, 0.3) is 0 Å². The van der Waals surface area contributed by atoms with E-state index in [1.54, 1.807) is 11.8 Å². The van der Waals surface area contributed by atoms with Crippen LogP contribution >= 0.6 is 11.8 Å². The first kappa shape index (κ1) is 21.1. The molecule has 0 atom stereocenters. The monoisotopic (exact) mass is 446 g/mol. The smallest absolute Gasteiger partial charge is 0.233 e. The van der Waals surface area contributed by atoms with Crippen molar-refractivity contribution in [3.05, 3.63) is 71.5 Å². The normalized spacial score (nSPS) is 16.2. The van der Waals surface area contributed by atoms with Gasteiger partial charge in [0.15, 0.2) is 5.16 Å². The molecule has 0 spiro atoms. The molecule has 3 aromatic rings. The van der Waals surface area contributed by atoms with Crippen molar-refractivity contribution in [3.63, 3.8) is 0 Å². The number of piperazine rings is 1. The van der Waals surface area contributed by atoms with Gasteiger partial charge < -0.3 is 9.80 Å². The fourth-order valence-electron chi connectivity index (χ4n) is 4.71. The van der Waals surface area contributed by atoms with Gasteiger partial charge in [0.05, 0.1) is 11.4 Å². The maximum absolute atomic E-state index is 13.0. The van der Waals surface area contributed by atoms with E-state index in [9.17, 15) is 4.79 Å².